The molecule has 0 radical (unpaired) electrons. The van der Waals surface area contributed by atoms with Crippen molar-refractivity contribution < 1.29 is 18.0 Å². The minimum Gasteiger partial charge on any atom is -0.331 e. The predicted octanol–water partition coefficient (Wildman–Crippen LogP) is 1.91. The lowest BCUT2D eigenvalue weighted by Gasteiger charge is -2.28. The second-order valence-electron chi connectivity index (χ2n) is 5.96. The van der Waals surface area contributed by atoms with E-state index in [0.29, 0.717) is 43.9 Å². The van der Waals surface area contributed by atoms with Gasteiger partial charge in [0.25, 0.3) is 0 Å². The van der Waals surface area contributed by atoms with Gasteiger partial charge in [0.1, 0.15) is 6.33 Å². The minimum atomic E-state index is -1.50. The monoisotopic (exact) mass is 337 g/mol. The zero-order valence-electron chi connectivity index (χ0n) is 12.6. The lowest BCUT2D eigenvalue weighted by atomic mass is 10.1. The van der Waals surface area contributed by atoms with Crippen molar-refractivity contribution in [1.29, 1.82) is 0 Å². The van der Waals surface area contributed by atoms with E-state index < -0.39 is 23.5 Å². The van der Waals surface area contributed by atoms with E-state index in [9.17, 15) is 18.0 Å². The van der Waals surface area contributed by atoms with Crippen molar-refractivity contribution in [3.63, 3.8) is 0 Å². The highest BCUT2D eigenvalue weighted by atomic mass is 19.2. The average Bonchev–Trinajstić information content (AvgIpc) is 3.19. The van der Waals surface area contributed by atoms with Gasteiger partial charge in [-0.2, -0.15) is 0 Å². The molecule has 126 valence electrons. The van der Waals surface area contributed by atoms with Gasteiger partial charge in [0, 0.05) is 18.7 Å². The van der Waals surface area contributed by atoms with Crippen LogP contribution in [0.25, 0.3) is 0 Å². The number of benzene rings is 1. The topological polar surface area (TPSA) is 63.1 Å². The highest BCUT2D eigenvalue weighted by Crippen LogP contribution is 2.35. The highest BCUT2D eigenvalue weighted by Gasteiger charge is 2.32. The van der Waals surface area contributed by atoms with E-state index in [1.165, 1.54) is 0 Å². The molecular formula is C15H14F3N5O. The molecule has 1 unspecified atom stereocenters. The third kappa shape index (κ3) is 2.31. The van der Waals surface area contributed by atoms with Gasteiger partial charge in [-0.3, -0.25) is 0 Å². The number of urea groups is 1. The molecule has 2 heterocycles. The summed E-state index contributed by atoms with van der Waals surface area (Å²) in [4.78, 5) is 14.0. The number of aryl methyl sites for hydroxylation is 1. The third-order valence-electron chi connectivity index (χ3n) is 4.56. The van der Waals surface area contributed by atoms with Gasteiger partial charge in [0.2, 0.25) is 0 Å². The van der Waals surface area contributed by atoms with Gasteiger partial charge in [-0.25, -0.2) is 18.0 Å². The molecule has 6 nitrogen and oxygen atoms in total. The van der Waals surface area contributed by atoms with Gasteiger partial charge in [-0.15, -0.1) is 10.2 Å². The molecule has 24 heavy (non-hydrogen) atoms. The smallest absolute Gasteiger partial charge is 0.318 e. The number of hydrogen-bond acceptors (Lipinski definition) is 3. The van der Waals surface area contributed by atoms with E-state index in [4.69, 9.17) is 0 Å². The van der Waals surface area contributed by atoms with Gasteiger partial charge in [-0.1, -0.05) is 0 Å². The van der Waals surface area contributed by atoms with Gasteiger partial charge in [0.05, 0.1) is 12.6 Å². The van der Waals surface area contributed by atoms with Crippen LogP contribution in [-0.4, -0.2) is 32.2 Å². The third-order valence-corrected chi connectivity index (χ3v) is 4.56. The van der Waals surface area contributed by atoms with E-state index in [0.717, 1.165) is 6.07 Å². The Hall–Kier alpha value is -2.58. The molecule has 2 aliphatic rings. The summed E-state index contributed by atoms with van der Waals surface area (Å²) in [5.74, 6) is -3.25. The zero-order chi connectivity index (χ0) is 16.8. The summed E-state index contributed by atoms with van der Waals surface area (Å²) in [5, 5.41) is 10.4. The number of fused-ring (bicyclic) bond motifs is 2. The lowest BCUT2D eigenvalue weighted by molar-refractivity contribution is 0.178. The molecule has 1 aromatic heterocycles. The molecule has 4 rings (SSSR count). The Bertz CT molecular complexity index is 822. The van der Waals surface area contributed by atoms with Crippen molar-refractivity contribution in [1.82, 2.24) is 25.0 Å². The summed E-state index contributed by atoms with van der Waals surface area (Å²) in [6.45, 7) is 1.34. The molecular weight excluding hydrogens is 323 g/mol. The van der Waals surface area contributed by atoms with Crippen molar-refractivity contribution >= 4 is 6.03 Å². The van der Waals surface area contributed by atoms with Crippen LogP contribution in [0.5, 0.6) is 0 Å². The van der Waals surface area contributed by atoms with Crippen LogP contribution in [0, 0.1) is 17.5 Å². The van der Waals surface area contributed by atoms with Crippen LogP contribution in [0.15, 0.2) is 12.4 Å². The van der Waals surface area contributed by atoms with Crippen LogP contribution in [-0.2, 0) is 19.5 Å². The van der Waals surface area contributed by atoms with E-state index in [-0.39, 0.29) is 11.6 Å². The first-order chi connectivity index (χ1) is 11.5. The Kier molecular flexibility index (Phi) is 3.43. The van der Waals surface area contributed by atoms with Gasteiger partial charge in [0.15, 0.2) is 23.3 Å². The summed E-state index contributed by atoms with van der Waals surface area (Å²) in [5.41, 5.74) is 0.442. The molecule has 2 aromatic rings. The van der Waals surface area contributed by atoms with Crippen molar-refractivity contribution in [2.45, 2.75) is 32.0 Å². The molecule has 1 atom stereocenters. The molecule has 1 N–H and O–H groups in total. The molecule has 1 aliphatic carbocycles. The fourth-order valence-electron chi connectivity index (χ4n) is 3.31. The average molecular weight is 337 g/mol. The highest BCUT2D eigenvalue weighted by molar-refractivity contribution is 5.75. The Morgan fingerprint density at radius 3 is 2.92 bits per heavy atom. The number of nitrogens with zero attached hydrogens (tertiary/aromatic N) is 4. The van der Waals surface area contributed by atoms with Crippen molar-refractivity contribution in [3.8, 4) is 0 Å². The van der Waals surface area contributed by atoms with E-state index in [2.05, 4.69) is 15.5 Å². The summed E-state index contributed by atoms with van der Waals surface area (Å²) in [7, 11) is 0. The lowest BCUT2D eigenvalue weighted by Crippen LogP contribution is -2.45. The quantitative estimate of drug-likeness (QED) is 0.809. The van der Waals surface area contributed by atoms with Crippen LogP contribution in [0.4, 0.5) is 18.0 Å². The van der Waals surface area contributed by atoms with E-state index in [1.54, 1.807) is 11.2 Å². The predicted molar refractivity (Wildman–Crippen MR) is 76.3 cm³/mol. The van der Waals surface area contributed by atoms with E-state index in [1.807, 2.05) is 4.57 Å². The molecule has 1 aliphatic heterocycles. The molecule has 1 aromatic carbocycles. The summed E-state index contributed by atoms with van der Waals surface area (Å²) in [6, 6.07) is -0.0443. The first-order valence-corrected chi connectivity index (χ1v) is 7.63. The second kappa shape index (κ2) is 5.50. The molecule has 0 saturated carbocycles. The first-order valence-electron chi connectivity index (χ1n) is 7.63. The molecule has 0 saturated heterocycles. The Balaban J connectivity index is 1.52. The van der Waals surface area contributed by atoms with Crippen LogP contribution in [0.3, 0.4) is 0 Å². The number of carbonyl (C=O) groups excluding carboxylic acids is 1. The van der Waals surface area contributed by atoms with Crippen LogP contribution >= 0.6 is 0 Å². The number of hydrogen-bond donors (Lipinski definition) is 1. The maximum absolute atomic E-state index is 14.1. The van der Waals surface area contributed by atoms with Crippen LogP contribution < -0.4 is 5.32 Å². The summed E-state index contributed by atoms with van der Waals surface area (Å²) < 4.78 is 42.7. The Morgan fingerprint density at radius 1 is 1.25 bits per heavy atom. The van der Waals surface area contributed by atoms with E-state index >= 15 is 0 Å². The summed E-state index contributed by atoms with van der Waals surface area (Å²) >= 11 is 0. The number of rotatable bonds is 1. The van der Waals surface area contributed by atoms with Crippen molar-refractivity contribution in [2.75, 3.05) is 6.54 Å². The molecule has 2 amide bonds. The number of halogens is 3. The maximum Gasteiger partial charge on any atom is 0.318 e. The normalized spacial score (nSPS) is 19.1. The number of amides is 2. The number of carbonyl (C=O) groups is 1. The number of aromatic nitrogens is 3. The summed E-state index contributed by atoms with van der Waals surface area (Å²) in [6.07, 6.45) is 2.40. The molecule has 0 bridgehead atoms. The van der Waals surface area contributed by atoms with Crippen LogP contribution in [0.2, 0.25) is 0 Å². The van der Waals surface area contributed by atoms with Crippen LogP contribution in [0.1, 0.15) is 29.4 Å². The number of nitrogens with one attached hydrogen (secondary N) is 1. The van der Waals surface area contributed by atoms with Crippen molar-refractivity contribution in [2.24, 2.45) is 0 Å². The van der Waals surface area contributed by atoms with Gasteiger partial charge < -0.3 is 14.8 Å². The fourth-order valence-corrected chi connectivity index (χ4v) is 3.31. The molecule has 0 spiro atoms. The molecule has 9 heteroatoms. The zero-order valence-corrected chi connectivity index (χ0v) is 12.6. The minimum absolute atomic E-state index is 0.0439. The Labute approximate surface area is 135 Å². The maximum atomic E-state index is 14.1. The van der Waals surface area contributed by atoms with Gasteiger partial charge >= 0.3 is 6.03 Å². The standard InChI is InChI=1S/C15H14F3N5O/c16-9-5-8-1-2-10(12(8)14(18)13(9)17)20-15(24)22-3-4-23-7-19-21-11(23)6-22/h5,7,10H,1-4,6H2,(H,20,24). The van der Waals surface area contributed by atoms with Crippen molar-refractivity contribution in [3.05, 3.63) is 46.8 Å². The van der Waals surface area contributed by atoms with Gasteiger partial charge in [-0.05, 0) is 24.5 Å². The second-order valence-corrected chi connectivity index (χ2v) is 5.96. The first kappa shape index (κ1) is 15.0. The largest absolute Gasteiger partial charge is 0.331 e. The molecule has 0 fully saturated rings. The SMILES string of the molecule is O=C(NC1CCc2cc(F)c(F)c(F)c21)N1CCn2cnnc2C1. The fraction of sp³-hybridized carbons (Fsp3) is 0.400. The Morgan fingerprint density at radius 2 is 2.08 bits per heavy atom.